The van der Waals surface area contributed by atoms with Gasteiger partial charge < -0.3 is 23.8 Å². The first-order valence-electron chi connectivity index (χ1n) is 9.48. The summed E-state index contributed by atoms with van der Waals surface area (Å²) < 4.78 is 21.1. The molecule has 0 aliphatic rings. The quantitative estimate of drug-likeness (QED) is 0.489. The number of nitrogens with zero attached hydrogens (tertiary/aromatic N) is 1. The molecular formula is C22H25Cl2NO6. The summed E-state index contributed by atoms with van der Waals surface area (Å²) in [6.45, 7) is 1.57. The molecular weight excluding hydrogens is 445 g/mol. The number of methoxy groups -OCH3 is 2. The number of hydrogen-bond donors (Lipinski definition) is 0. The number of benzene rings is 2. The fourth-order valence-corrected chi connectivity index (χ4v) is 3.08. The normalized spacial score (nSPS) is 11.4. The van der Waals surface area contributed by atoms with Crippen LogP contribution in [0.3, 0.4) is 0 Å². The number of esters is 1. The van der Waals surface area contributed by atoms with Crippen molar-refractivity contribution in [1.82, 2.24) is 4.90 Å². The van der Waals surface area contributed by atoms with Crippen LogP contribution in [0, 0.1) is 0 Å². The van der Waals surface area contributed by atoms with E-state index in [9.17, 15) is 9.59 Å². The van der Waals surface area contributed by atoms with Crippen molar-refractivity contribution in [1.29, 1.82) is 0 Å². The number of hydrogen-bond acceptors (Lipinski definition) is 6. The lowest BCUT2D eigenvalue weighted by Gasteiger charge is -2.19. The van der Waals surface area contributed by atoms with E-state index in [1.807, 2.05) is 18.2 Å². The molecule has 0 spiro atoms. The zero-order chi connectivity index (χ0) is 23.0. The van der Waals surface area contributed by atoms with Gasteiger partial charge >= 0.3 is 5.97 Å². The molecule has 2 rings (SSSR count). The summed E-state index contributed by atoms with van der Waals surface area (Å²) in [5.41, 5.74) is 0.983. The number of carbonyl (C=O) groups excluding carboxylic acids is 2. The Balaban J connectivity index is 1.81. The molecule has 7 nitrogen and oxygen atoms in total. The number of carbonyl (C=O) groups is 2. The van der Waals surface area contributed by atoms with Crippen LogP contribution in [0.1, 0.15) is 12.5 Å². The van der Waals surface area contributed by atoms with Gasteiger partial charge in [-0.1, -0.05) is 29.3 Å². The second kappa shape index (κ2) is 11.7. The Labute approximate surface area is 191 Å². The van der Waals surface area contributed by atoms with E-state index in [4.69, 9.17) is 42.1 Å². The minimum atomic E-state index is -0.941. The van der Waals surface area contributed by atoms with Crippen molar-refractivity contribution in [3.63, 3.8) is 0 Å². The molecule has 31 heavy (non-hydrogen) atoms. The molecule has 1 amide bonds. The van der Waals surface area contributed by atoms with Gasteiger partial charge in [-0.25, -0.2) is 4.79 Å². The van der Waals surface area contributed by atoms with Gasteiger partial charge in [-0.15, -0.1) is 0 Å². The monoisotopic (exact) mass is 469 g/mol. The molecule has 2 aromatic carbocycles. The van der Waals surface area contributed by atoms with Gasteiger partial charge in [0.15, 0.2) is 24.2 Å². The van der Waals surface area contributed by atoms with E-state index in [1.54, 1.807) is 33.4 Å². The van der Waals surface area contributed by atoms with Gasteiger partial charge in [-0.05, 0) is 49.2 Å². The van der Waals surface area contributed by atoms with E-state index >= 15 is 0 Å². The highest BCUT2D eigenvalue weighted by atomic mass is 35.5. The van der Waals surface area contributed by atoms with Gasteiger partial charge in [0.25, 0.3) is 5.91 Å². The van der Waals surface area contributed by atoms with Crippen LogP contribution in [0.2, 0.25) is 10.0 Å². The number of amides is 1. The molecule has 168 valence electrons. The highest BCUT2D eigenvalue weighted by molar-refractivity contribution is 6.35. The van der Waals surface area contributed by atoms with Crippen LogP contribution in [0.15, 0.2) is 36.4 Å². The summed E-state index contributed by atoms with van der Waals surface area (Å²) in [6, 6.07) is 10.2. The molecule has 0 saturated carbocycles. The van der Waals surface area contributed by atoms with Gasteiger partial charge in [0.05, 0.1) is 19.2 Å². The molecule has 0 aromatic heterocycles. The van der Waals surface area contributed by atoms with Crippen LogP contribution >= 0.6 is 23.2 Å². The standard InChI is InChI=1S/C22H25Cl2NO6/c1-14(31-18-8-6-16(23)12-17(18)24)22(27)30-13-21(26)25(2)10-9-15-5-7-19(28-3)20(11-15)29-4/h5-8,11-12,14H,9-10,13H2,1-4H3. The molecule has 0 saturated heterocycles. The summed E-state index contributed by atoms with van der Waals surface area (Å²) in [4.78, 5) is 25.9. The van der Waals surface area contributed by atoms with Crippen molar-refractivity contribution >= 4 is 35.1 Å². The Hall–Kier alpha value is -2.64. The Morgan fingerprint density at radius 1 is 1.00 bits per heavy atom. The van der Waals surface area contributed by atoms with Crippen LogP contribution in [0.4, 0.5) is 0 Å². The topological polar surface area (TPSA) is 74.3 Å². The first kappa shape index (κ1) is 24.6. The van der Waals surface area contributed by atoms with Gasteiger partial charge in [0.1, 0.15) is 5.75 Å². The molecule has 0 bridgehead atoms. The number of rotatable bonds is 10. The zero-order valence-corrected chi connectivity index (χ0v) is 19.3. The first-order valence-corrected chi connectivity index (χ1v) is 10.2. The van der Waals surface area contributed by atoms with Crippen LogP contribution in [-0.4, -0.2) is 57.3 Å². The summed E-state index contributed by atoms with van der Waals surface area (Å²) in [5.74, 6) is 0.559. The predicted octanol–water partition coefficient (Wildman–Crippen LogP) is 4.02. The van der Waals surface area contributed by atoms with Crippen molar-refractivity contribution in [2.75, 3.05) is 34.4 Å². The van der Waals surface area contributed by atoms with E-state index in [0.29, 0.717) is 35.2 Å². The second-order valence-corrected chi connectivity index (χ2v) is 7.54. The molecule has 1 unspecified atom stereocenters. The number of likely N-dealkylation sites (N-methyl/N-ethyl adjacent to an activating group) is 1. The maximum atomic E-state index is 12.3. The summed E-state index contributed by atoms with van der Waals surface area (Å²) in [6.07, 6.45) is -0.339. The predicted molar refractivity (Wildman–Crippen MR) is 118 cm³/mol. The summed E-state index contributed by atoms with van der Waals surface area (Å²) in [5, 5.41) is 0.729. The van der Waals surface area contributed by atoms with E-state index in [1.165, 1.54) is 17.9 Å². The van der Waals surface area contributed by atoms with Gasteiger partial charge in [0.2, 0.25) is 0 Å². The smallest absolute Gasteiger partial charge is 0.347 e. The zero-order valence-electron chi connectivity index (χ0n) is 17.8. The highest BCUT2D eigenvalue weighted by Crippen LogP contribution is 2.29. The average molecular weight is 470 g/mol. The fourth-order valence-electron chi connectivity index (χ4n) is 2.63. The molecule has 9 heteroatoms. The maximum absolute atomic E-state index is 12.3. The third kappa shape index (κ3) is 7.22. The van der Waals surface area contributed by atoms with E-state index in [-0.39, 0.29) is 17.5 Å². The van der Waals surface area contributed by atoms with Crippen LogP contribution < -0.4 is 14.2 Å². The van der Waals surface area contributed by atoms with Gasteiger partial charge in [0, 0.05) is 18.6 Å². The van der Waals surface area contributed by atoms with Crippen LogP contribution in [0.25, 0.3) is 0 Å². The largest absolute Gasteiger partial charge is 0.493 e. The lowest BCUT2D eigenvalue weighted by atomic mass is 10.1. The average Bonchev–Trinajstić information content (AvgIpc) is 2.76. The minimum absolute atomic E-state index is 0.276. The molecule has 0 heterocycles. The molecule has 1 atom stereocenters. The van der Waals surface area contributed by atoms with E-state index < -0.39 is 12.1 Å². The Morgan fingerprint density at radius 2 is 1.68 bits per heavy atom. The minimum Gasteiger partial charge on any atom is -0.493 e. The van der Waals surface area contributed by atoms with Crippen molar-refractivity contribution in [2.45, 2.75) is 19.4 Å². The van der Waals surface area contributed by atoms with Gasteiger partial charge in [-0.2, -0.15) is 0 Å². The first-order chi connectivity index (χ1) is 14.7. The molecule has 0 fully saturated rings. The lowest BCUT2D eigenvalue weighted by molar-refractivity contribution is -0.157. The van der Waals surface area contributed by atoms with Crippen LogP contribution in [0.5, 0.6) is 17.2 Å². The van der Waals surface area contributed by atoms with E-state index in [2.05, 4.69) is 0 Å². The molecule has 0 N–H and O–H groups in total. The third-order valence-corrected chi connectivity index (χ3v) is 5.01. The molecule has 0 radical (unpaired) electrons. The van der Waals surface area contributed by atoms with Crippen molar-refractivity contribution in [2.24, 2.45) is 0 Å². The van der Waals surface area contributed by atoms with Gasteiger partial charge in [-0.3, -0.25) is 4.79 Å². The fraction of sp³-hybridized carbons (Fsp3) is 0.364. The maximum Gasteiger partial charge on any atom is 0.347 e. The molecule has 0 aliphatic carbocycles. The SMILES string of the molecule is COc1ccc(CCN(C)C(=O)COC(=O)C(C)Oc2ccc(Cl)cc2Cl)cc1OC. The number of ether oxygens (including phenoxy) is 4. The third-order valence-electron chi connectivity index (χ3n) is 4.48. The Bertz CT molecular complexity index is 921. The number of halogens is 2. The van der Waals surface area contributed by atoms with Crippen molar-refractivity contribution in [3.8, 4) is 17.2 Å². The molecule has 0 aliphatic heterocycles. The van der Waals surface area contributed by atoms with Crippen LogP contribution in [-0.2, 0) is 20.7 Å². The van der Waals surface area contributed by atoms with E-state index in [0.717, 1.165) is 5.56 Å². The summed E-state index contributed by atoms with van der Waals surface area (Å²) in [7, 11) is 4.78. The van der Waals surface area contributed by atoms with Crippen molar-refractivity contribution < 1.29 is 28.5 Å². The Morgan fingerprint density at radius 3 is 2.32 bits per heavy atom. The second-order valence-electron chi connectivity index (χ2n) is 6.70. The highest BCUT2D eigenvalue weighted by Gasteiger charge is 2.20. The Kier molecular flexibility index (Phi) is 9.27. The summed E-state index contributed by atoms with van der Waals surface area (Å²) >= 11 is 11.9. The van der Waals surface area contributed by atoms with Crippen molar-refractivity contribution in [3.05, 3.63) is 52.0 Å². The lowest BCUT2D eigenvalue weighted by Crippen LogP contribution is -2.35. The molecule has 2 aromatic rings.